The summed E-state index contributed by atoms with van der Waals surface area (Å²) in [7, 11) is 1.63. The van der Waals surface area contributed by atoms with Gasteiger partial charge in [-0.1, -0.05) is 64.5 Å². The molecule has 30 heavy (non-hydrogen) atoms. The van der Waals surface area contributed by atoms with Crippen LogP contribution in [0.25, 0.3) is 10.9 Å². The van der Waals surface area contributed by atoms with Crippen LogP contribution < -0.4 is 10.2 Å². The van der Waals surface area contributed by atoms with Crippen molar-refractivity contribution in [2.45, 2.75) is 0 Å². The molecule has 4 rings (SSSR count). The van der Waals surface area contributed by atoms with Crippen LogP contribution in [0.5, 0.6) is 5.75 Å². The van der Waals surface area contributed by atoms with Crippen molar-refractivity contribution in [2.24, 2.45) is 10.1 Å². The first-order valence-electron chi connectivity index (χ1n) is 9.35. The third-order valence-corrected chi connectivity index (χ3v) is 4.94. The van der Waals surface area contributed by atoms with Crippen LogP contribution in [-0.4, -0.2) is 24.1 Å². The van der Waals surface area contributed by atoms with Gasteiger partial charge in [-0.3, -0.25) is 5.43 Å². The fourth-order valence-electron chi connectivity index (χ4n) is 2.90. The van der Waals surface area contributed by atoms with Crippen LogP contribution in [-0.2, 0) is 0 Å². The second-order valence-electron chi connectivity index (χ2n) is 6.44. The summed E-state index contributed by atoms with van der Waals surface area (Å²) in [5.41, 5.74) is 6.29. The van der Waals surface area contributed by atoms with E-state index in [9.17, 15) is 0 Å². The van der Waals surface area contributed by atoms with Gasteiger partial charge in [0, 0.05) is 9.86 Å². The number of methoxy groups -OCH3 is 1. The van der Waals surface area contributed by atoms with Crippen molar-refractivity contribution in [3.63, 3.8) is 0 Å². The molecule has 0 aliphatic carbocycles. The Balaban J connectivity index is 1.71. The molecule has 5 nitrogen and oxygen atoms in total. The lowest BCUT2D eigenvalue weighted by Gasteiger charge is -2.09. The Morgan fingerprint density at radius 3 is 2.53 bits per heavy atom. The smallest absolute Gasteiger partial charge is 0.173 e. The number of fused-ring (bicyclic) bond motifs is 1. The molecule has 148 valence electrons. The lowest BCUT2D eigenvalue weighted by Crippen LogP contribution is -2.20. The molecule has 0 radical (unpaired) electrons. The second kappa shape index (κ2) is 9.33. The van der Waals surface area contributed by atoms with Gasteiger partial charge in [0.2, 0.25) is 0 Å². The van der Waals surface area contributed by atoms with Crippen LogP contribution in [0.3, 0.4) is 0 Å². The van der Waals surface area contributed by atoms with E-state index in [0.29, 0.717) is 23.0 Å². The quantitative estimate of drug-likeness (QED) is 0.236. The summed E-state index contributed by atoms with van der Waals surface area (Å²) < 4.78 is 6.46. The molecule has 0 bridgehead atoms. The van der Waals surface area contributed by atoms with Crippen LogP contribution in [0.15, 0.2) is 99.5 Å². The van der Waals surface area contributed by atoms with E-state index in [1.807, 2.05) is 84.9 Å². The van der Waals surface area contributed by atoms with Gasteiger partial charge in [-0.15, -0.1) is 0 Å². The van der Waals surface area contributed by atoms with Crippen molar-refractivity contribution in [3.8, 4) is 5.75 Å². The van der Waals surface area contributed by atoms with Crippen molar-refractivity contribution in [1.82, 2.24) is 10.4 Å². The zero-order chi connectivity index (χ0) is 20.8. The van der Waals surface area contributed by atoms with Crippen LogP contribution in [0.2, 0.25) is 0 Å². The summed E-state index contributed by atoms with van der Waals surface area (Å²) in [6.07, 6.45) is 1.74. The van der Waals surface area contributed by atoms with E-state index in [0.717, 1.165) is 20.9 Å². The number of nitrogens with zero attached hydrogens (tertiary/aromatic N) is 3. The van der Waals surface area contributed by atoms with Gasteiger partial charge in [0.1, 0.15) is 17.1 Å². The first kappa shape index (κ1) is 19.8. The van der Waals surface area contributed by atoms with Crippen molar-refractivity contribution >= 4 is 44.6 Å². The third kappa shape index (κ3) is 4.72. The molecule has 0 saturated heterocycles. The molecule has 0 saturated carbocycles. The Hall–Kier alpha value is -3.51. The number of pyridine rings is 1. The molecule has 1 N–H and O–H groups in total. The van der Waals surface area contributed by atoms with E-state index in [2.05, 4.69) is 26.5 Å². The number of hydrogen-bond donors (Lipinski definition) is 1. The first-order valence-corrected chi connectivity index (χ1v) is 10.1. The number of benzene rings is 3. The lowest BCUT2D eigenvalue weighted by molar-refractivity contribution is 0.416. The maximum atomic E-state index is 5.44. The number of nitrogens with one attached hydrogen (secondary N) is 1. The van der Waals surface area contributed by atoms with Gasteiger partial charge in [0.25, 0.3) is 0 Å². The fourth-order valence-corrected chi connectivity index (χ4v) is 3.16. The largest absolute Gasteiger partial charge is 0.494 e. The summed E-state index contributed by atoms with van der Waals surface area (Å²) in [6, 6.07) is 27.4. The molecule has 0 aliphatic heterocycles. The van der Waals surface area contributed by atoms with E-state index in [-0.39, 0.29) is 0 Å². The molecule has 0 aliphatic rings. The van der Waals surface area contributed by atoms with Crippen molar-refractivity contribution in [3.05, 3.63) is 101 Å². The summed E-state index contributed by atoms with van der Waals surface area (Å²) >= 11 is 3.44. The number of aliphatic imine (C=N–C) groups is 1. The van der Waals surface area contributed by atoms with Gasteiger partial charge < -0.3 is 4.74 Å². The summed E-state index contributed by atoms with van der Waals surface area (Å²) in [6.45, 7) is 0. The normalized spacial score (nSPS) is 11.7. The minimum atomic E-state index is 0.526. The van der Waals surface area contributed by atoms with Gasteiger partial charge in [-0.2, -0.15) is 5.10 Å². The molecule has 0 spiro atoms. The number of hydrogen-bond acceptors (Lipinski definition) is 4. The summed E-state index contributed by atoms with van der Waals surface area (Å²) in [5, 5.41) is 5.44. The standard InChI is InChI=1S/C24H19BrN4O/c1-30-23-9-5-4-8-21(23)28-24(29-26-16-17-10-13-19(25)14-11-17)22-15-12-18-6-2-3-7-20(18)27-22/h2-16H,1H3,(H,28,29). The van der Waals surface area contributed by atoms with Crippen molar-refractivity contribution in [1.29, 1.82) is 0 Å². The summed E-state index contributed by atoms with van der Waals surface area (Å²) in [4.78, 5) is 9.50. The highest BCUT2D eigenvalue weighted by atomic mass is 79.9. The second-order valence-corrected chi connectivity index (χ2v) is 7.36. The molecule has 0 amide bonds. The highest BCUT2D eigenvalue weighted by molar-refractivity contribution is 9.10. The molecule has 4 aromatic rings. The SMILES string of the molecule is COc1ccccc1N=C(NN=Cc1ccc(Br)cc1)c1ccc2ccccc2n1. The Labute approximate surface area is 183 Å². The predicted octanol–water partition coefficient (Wildman–Crippen LogP) is 5.71. The monoisotopic (exact) mass is 458 g/mol. The average Bonchev–Trinajstić information content (AvgIpc) is 2.79. The fraction of sp³-hybridized carbons (Fsp3) is 0.0417. The molecule has 0 fully saturated rings. The molecule has 6 heteroatoms. The number of aromatic nitrogens is 1. The minimum Gasteiger partial charge on any atom is -0.494 e. The third-order valence-electron chi connectivity index (χ3n) is 4.41. The van der Waals surface area contributed by atoms with Gasteiger partial charge in [0.05, 0.1) is 18.8 Å². The Morgan fingerprint density at radius 1 is 0.933 bits per heavy atom. The van der Waals surface area contributed by atoms with Crippen LogP contribution in [0.1, 0.15) is 11.3 Å². The maximum Gasteiger partial charge on any atom is 0.173 e. The van der Waals surface area contributed by atoms with E-state index < -0.39 is 0 Å². The Kier molecular flexibility index (Phi) is 6.15. The first-order chi connectivity index (χ1) is 14.7. The summed E-state index contributed by atoms with van der Waals surface area (Å²) in [5.74, 6) is 1.20. The zero-order valence-corrected chi connectivity index (χ0v) is 17.9. The molecule has 0 unspecified atom stereocenters. The molecular weight excluding hydrogens is 440 g/mol. The van der Waals surface area contributed by atoms with Crippen LogP contribution >= 0.6 is 15.9 Å². The number of para-hydroxylation sites is 3. The number of ether oxygens (including phenoxy) is 1. The molecule has 3 aromatic carbocycles. The maximum absolute atomic E-state index is 5.44. The van der Waals surface area contributed by atoms with Crippen LogP contribution in [0.4, 0.5) is 5.69 Å². The number of amidine groups is 1. The number of hydrazone groups is 1. The van der Waals surface area contributed by atoms with E-state index >= 15 is 0 Å². The molecular formula is C24H19BrN4O. The predicted molar refractivity (Wildman–Crippen MR) is 126 cm³/mol. The van der Waals surface area contributed by atoms with E-state index in [4.69, 9.17) is 14.7 Å². The van der Waals surface area contributed by atoms with Gasteiger partial charge >= 0.3 is 0 Å². The highest BCUT2D eigenvalue weighted by Gasteiger charge is 2.09. The van der Waals surface area contributed by atoms with Gasteiger partial charge in [-0.05, 0) is 42.0 Å². The van der Waals surface area contributed by atoms with Gasteiger partial charge in [-0.25, -0.2) is 9.98 Å². The number of rotatable bonds is 5. The lowest BCUT2D eigenvalue weighted by atomic mass is 10.2. The van der Waals surface area contributed by atoms with Crippen LogP contribution in [0, 0.1) is 0 Å². The number of halogens is 1. The molecule has 0 atom stereocenters. The zero-order valence-electron chi connectivity index (χ0n) is 16.3. The van der Waals surface area contributed by atoms with E-state index in [1.165, 1.54) is 0 Å². The topological polar surface area (TPSA) is 58.9 Å². The van der Waals surface area contributed by atoms with Gasteiger partial charge in [0.15, 0.2) is 5.84 Å². The molecule has 1 heterocycles. The average molecular weight is 459 g/mol. The Morgan fingerprint density at radius 2 is 1.70 bits per heavy atom. The van der Waals surface area contributed by atoms with E-state index in [1.54, 1.807) is 13.3 Å². The highest BCUT2D eigenvalue weighted by Crippen LogP contribution is 2.27. The molecule has 1 aromatic heterocycles. The van der Waals surface area contributed by atoms with Crippen molar-refractivity contribution in [2.75, 3.05) is 7.11 Å². The minimum absolute atomic E-state index is 0.526. The Bertz CT molecular complexity index is 1220. The van der Waals surface area contributed by atoms with Crippen molar-refractivity contribution < 1.29 is 4.74 Å².